The van der Waals surface area contributed by atoms with Crippen LogP contribution < -0.4 is 17.3 Å². The van der Waals surface area contributed by atoms with Gasteiger partial charge in [-0.15, -0.1) is 0 Å². The molecule has 0 fully saturated rings. The minimum atomic E-state index is 0. The summed E-state index contributed by atoms with van der Waals surface area (Å²) >= 11 is 0. The monoisotopic (exact) mass is 240 g/mol. The molecular weight excluding hydrogens is 220 g/mol. The second-order valence-corrected chi connectivity index (χ2v) is 4.24. The highest BCUT2D eigenvalue weighted by molar-refractivity contribution is 5.93. The van der Waals surface area contributed by atoms with E-state index >= 15 is 0 Å². The topological polar surface area (TPSA) is 6.25 Å². The van der Waals surface area contributed by atoms with E-state index in [9.17, 15) is 0 Å². The van der Waals surface area contributed by atoms with Gasteiger partial charge in [0.25, 0.3) is 0 Å². The van der Waals surface area contributed by atoms with Gasteiger partial charge in [0.1, 0.15) is 5.69 Å². The second kappa shape index (κ2) is 5.90. The first kappa shape index (κ1) is 15.0. The fraction of sp³-hybridized carbons (Fsp3) is 0.462. The van der Waals surface area contributed by atoms with E-state index in [1.165, 1.54) is 22.6 Å². The van der Waals surface area contributed by atoms with Gasteiger partial charge in [-0.3, -0.25) is 4.58 Å². The first-order valence-electron chi connectivity index (χ1n) is 5.26. The van der Waals surface area contributed by atoms with Crippen LogP contribution in [0.4, 0.5) is 5.69 Å². The third kappa shape index (κ3) is 2.99. The van der Waals surface area contributed by atoms with Gasteiger partial charge < -0.3 is 12.4 Å². The van der Waals surface area contributed by atoms with Gasteiger partial charge in [-0.1, -0.05) is 18.2 Å². The minimum absolute atomic E-state index is 0. The molecule has 0 aromatic heterocycles. The van der Waals surface area contributed by atoms with Crippen molar-refractivity contribution in [2.45, 2.75) is 20.8 Å². The van der Waals surface area contributed by atoms with Crippen LogP contribution in [0.25, 0.3) is 0 Å². The molecule has 0 saturated heterocycles. The number of hydrogen-bond acceptors (Lipinski definition) is 0. The van der Waals surface area contributed by atoms with Gasteiger partial charge in [0.05, 0.1) is 21.1 Å². The average molecular weight is 241 g/mol. The third-order valence-electron chi connectivity index (χ3n) is 2.91. The average Bonchev–Trinajstić information content (AvgIpc) is 2.15. The van der Waals surface area contributed by atoms with E-state index in [0.717, 1.165) is 0 Å². The number of nitrogens with zero attached hydrogens (tertiary/aromatic N) is 2. The second-order valence-electron chi connectivity index (χ2n) is 4.24. The number of amidine groups is 1. The molecule has 1 aromatic rings. The van der Waals surface area contributed by atoms with Gasteiger partial charge in [0.2, 0.25) is 5.84 Å². The Morgan fingerprint density at radius 2 is 1.56 bits per heavy atom. The number of aryl methyl sites for hydroxylation is 2. The quantitative estimate of drug-likeness (QED) is 0.362. The Morgan fingerprint density at radius 1 is 1.12 bits per heavy atom. The standard InChI is InChI=1S/C13H21N2.ClH/c1-10-8-7-9-11(2)13(10)15(6)12(3)14(4)5;/h7-9H,1-6H3;1H/q+1;/p-1. The number of para-hydroxylation sites is 1. The van der Waals surface area contributed by atoms with E-state index in [1.54, 1.807) is 0 Å². The van der Waals surface area contributed by atoms with Crippen LogP contribution in [0.15, 0.2) is 18.2 Å². The van der Waals surface area contributed by atoms with Crippen LogP contribution in [0, 0.1) is 13.8 Å². The Bertz CT molecular complexity index is 373. The Kier molecular flexibility index (Phi) is 5.52. The summed E-state index contributed by atoms with van der Waals surface area (Å²) in [5.74, 6) is 1.24. The summed E-state index contributed by atoms with van der Waals surface area (Å²) in [6.45, 7) is 6.44. The van der Waals surface area contributed by atoms with E-state index in [-0.39, 0.29) is 12.4 Å². The maximum absolute atomic E-state index is 2.24. The highest BCUT2D eigenvalue weighted by Crippen LogP contribution is 2.23. The van der Waals surface area contributed by atoms with Crippen LogP contribution >= 0.6 is 0 Å². The predicted molar refractivity (Wildman–Crippen MR) is 67.1 cm³/mol. The van der Waals surface area contributed by atoms with Gasteiger partial charge in [0, 0.05) is 6.92 Å². The number of benzene rings is 1. The van der Waals surface area contributed by atoms with E-state index in [2.05, 4.69) is 69.6 Å². The van der Waals surface area contributed by atoms with Crippen molar-refractivity contribution in [3.63, 3.8) is 0 Å². The van der Waals surface area contributed by atoms with Crippen molar-refractivity contribution >= 4 is 11.5 Å². The molecule has 3 heteroatoms. The Hall–Kier alpha value is -1.02. The molecular formula is C13H21ClN2. The molecule has 0 N–H and O–H groups in total. The summed E-state index contributed by atoms with van der Waals surface area (Å²) in [7, 11) is 6.25. The molecule has 0 amide bonds. The van der Waals surface area contributed by atoms with Crippen molar-refractivity contribution in [1.82, 2.24) is 0 Å². The minimum Gasteiger partial charge on any atom is -1.00 e. The number of hydrogen-bond donors (Lipinski definition) is 0. The van der Waals surface area contributed by atoms with Crippen LogP contribution in [-0.2, 0) is 0 Å². The molecule has 0 radical (unpaired) electrons. The van der Waals surface area contributed by atoms with Crippen molar-refractivity contribution in [3.05, 3.63) is 29.3 Å². The molecule has 0 aliphatic rings. The highest BCUT2D eigenvalue weighted by atomic mass is 35.5. The summed E-state index contributed by atoms with van der Waals surface area (Å²) in [5.41, 5.74) is 3.95. The lowest BCUT2D eigenvalue weighted by Crippen LogP contribution is -3.00. The summed E-state index contributed by atoms with van der Waals surface area (Å²) in [6.07, 6.45) is 0. The first-order chi connectivity index (χ1) is 6.95. The number of rotatable bonds is 1. The van der Waals surface area contributed by atoms with Crippen LogP contribution in [0.3, 0.4) is 0 Å². The maximum atomic E-state index is 2.24. The van der Waals surface area contributed by atoms with Crippen molar-refractivity contribution in [3.8, 4) is 0 Å². The van der Waals surface area contributed by atoms with Gasteiger partial charge in [-0.05, 0) is 25.0 Å². The largest absolute Gasteiger partial charge is 1.00 e. The molecule has 0 unspecified atom stereocenters. The molecule has 16 heavy (non-hydrogen) atoms. The molecule has 0 aliphatic heterocycles. The number of halogens is 1. The van der Waals surface area contributed by atoms with Gasteiger partial charge >= 0.3 is 0 Å². The summed E-state index contributed by atoms with van der Waals surface area (Å²) in [5, 5.41) is 0. The lowest BCUT2D eigenvalue weighted by atomic mass is 10.1. The van der Waals surface area contributed by atoms with Gasteiger partial charge in [0.15, 0.2) is 0 Å². The molecule has 0 heterocycles. The maximum Gasteiger partial charge on any atom is 0.248 e. The van der Waals surface area contributed by atoms with Crippen LogP contribution in [0.5, 0.6) is 0 Å². The van der Waals surface area contributed by atoms with Crippen LogP contribution in [0.1, 0.15) is 18.1 Å². The highest BCUT2D eigenvalue weighted by Gasteiger charge is 2.17. The molecule has 90 valence electrons. The van der Waals surface area contributed by atoms with Crippen LogP contribution in [0.2, 0.25) is 0 Å². The first-order valence-corrected chi connectivity index (χ1v) is 5.26. The lowest BCUT2D eigenvalue weighted by Gasteiger charge is -2.17. The smallest absolute Gasteiger partial charge is 0.248 e. The Morgan fingerprint density at radius 3 is 1.94 bits per heavy atom. The number of anilines is 1. The summed E-state index contributed by atoms with van der Waals surface area (Å²) in [4.78, 5) is 2.24. The fourth-order valence-corrected chi connectivity index (χ4v) is 1.80. The van der Waals surface area contributed by atoms with E-state index in [4.69, 9.17) is 0 Å². The molecule has 0 aliphatic carbocycles. The van der Waals surface area contributed by atoms with Gasteiger partial charge in [-0.25, -0.2) is 4.90 Å². The van der Waals surface area contributed by atoms with E-state index < -0.39 is 0 Å². The molecule has 2 nitrogen and oxygen atoms in total. The fourth-order valence-electron chi connectivity index (χ4n) is 1.80. The third-order valence-corrected chi connectivity index (χ3v) is 2.91. The molecule has 0 saturated carbocycles. The lowest BCUT2D eigenvalue weighted by molar-refractivity contribution is -0.465. The summed E-state index contributed by atoms with van der Waals surface area (Å²) < 4.78 is 2.13. The van der Waals surface area contributed by atoms with Crippen molar-refractivity contribution in [2.24, 2.45) is 0 Å². The SMILES string of the molecule is CC(N(C)c1c(C)cccc1C)=[N+](C)C.[Cl-]. The zero-order chi connectivity index (χ0) is 11.6. The molecule has 1 rings (SSSR count). The predicted octanol–water partition coefficient (Wildman–Crippen LogP) is -0.566. The zero-order valence-corrected chi connectivity index (χ0v) is 11.8. The van der Waals surface area contributed by atoms with Crippen molar-refractivity contribution < 1.29 is 17.0 Å². The molecule has 0 bridgehead atoms. The Balaban J connectivity index is 0.00000225. The molecule has 0 atom stereocenters. The molecule has 0 spiro atoms. The van der Waals surface area contributed by atoms with Crippen LogP contribution in [-0.4, -0.2) is 31.6 Å². The normalized spacial score (nSPS) is 9.38. The molecule has 1 aromatic carbocycles. The summed E-state index contributed by atoms with van der Waals surface area (Å²) in [6, 6.07) is 6.41. The zero-order valence-electron chi connectivity index (χ0n) is 11.0. The van der Waals surface area contributed by atoms with E-state index in [0.29, 0.717) is 0 Å². The van der Waals surface area contributed by atoms with Crippen molar-refractivity contribution in [1.29, 1.82) is 0 Å². The van der Waals surface area contributed by atoms with Crippen molar-refractivity contribution in [2.75, 3.05) is 26.0 Å². The van der Waals surface area contributed by atoms with E-state index in [1.807, 2.05) is 0 Å². The Labute approximate surface area is 105 Å². The van der Waals surface area contributed by atoms with Gasteiger partial charge in [-0.2, -0.15) is 0 Å².